The molecule has 1 fully saturated rings. The fourth-order valence-electron chi connectivity index (χ4n) is 2.25. The highest BCUT2D eigenvalue weighted by atomic mass is 16.3. The van der Waals surface area contributed by atoms with Crippen LogP contribution in [0.2, 0.25) is 0 Å². The van der Waals surface area contributed by atoms with Crippen LogP contribution in [-0.4, -0.2) is 47.1 Å². The van der Waals surface area contributed by atoms with Gasteiger partial charge in [-0.15, -0.1) is 0 Å². The van der Waals surface area contributed by atoms with Crippen molar-refractivity contribution in [2.45, 2.75) is 52.1 Å². The summed E-state index contributed by atoms with van der Waals surface area (Å²) in [5.74, 6) is 0.0772. The molecule has 0 aromatic rings. The molecule has 0 radical (unpaired) electrons. The lowest BCUT2D eigenvalue weighted by Crippen LogP contribution is -2.52. The van der Waals surface area contributed by atoms with Gasteiger partial charge in [-0.25, -0.2) is 0 Å². The predicted molar refractivity (Wildman–Crippen MR) is 68.9 cm³/mol. The molecule has 1 aliphatic heterocycles. The molecule has 18 heavy (non-hydrogen) atoms. The summed E-state index contributed by atoms with van der Waals surface area (Å²) in [6, 6.07) is -0.642. The number of rotatable bonds is 6. The van der Waals surface area contributed by atoms with Gasteiger partial charge in [-0.05, 0) is 18.8 Å². The minimum Gasteiger partial charge on any atom is -0.394 e. The van der Waals surface area contributed by atoms with Gasteiger partial charge in [-0.1, -0.05) is 20.8 Å². The number of carbonyl (C=O) groups excluding carboxylic acids is 2. The summed E-state index contributed by atoms with van der Waals surface area (Å²) in [6.45, 7) is 6.38. The molecule has 5 heteroatoms. The molecule has 2 amide bonds. The third-order valence-corrected chi connectivity index (χ3v) is 3.50. The maximum Gasteiger partial charge on any atom is 0.243 e. The fraction of sp³-hybridized carbons (Fsp3) is 0.846. The normalized spacial score (nSPS) is 19.2. The van der Waals surface area contributed by atoms with E-state index in [4.69, 9.17) is 0 Å². The number of aliphatic hydroxyl groups is 1. The van der Waals surface area contributed by atoms with Crippen LogP contribution in [0.5, 0.6) is 0 Å². The highest BCUT2D eigenvalue weighted by Gasteiger charge is 2.32. The van der Waals surface area contributed by atoms with Crippen molar-refractivity contribution in [1.29, 1.82) is 0 Å². The molecule has 0 aromatic carbocycles. The second-order valence-corrected chi connectivity index (χ2v) is 5.16. The number of aliphatic hydroxyl groups excluding tert-OH is 1. The topological polar surface area (TPSA) is 69.6 Å². The largest absolute Gasteiger partial charge is 0.394 e. The van der Waals surface area contributed by atoms with E-state index in [2.05, 4.69) is 5.32 Å². The van der Waals surface area contributed by atoms with E-state index >= 15 is 0 Å². The van der Waals surface area contributed by atoms with E-state index in [1.807, 2.05) is 20.8 Å². The predicted octanol–water partition coefficient (Wildman–Crippen LogP) is 0.520. The molecule has 1 rings (SSSR count). The number of likely N-dealkylation sites (tertiary alicyclic amines) is 1. The van der Waals surface area contributed by atoms with Gasteiger partial charge in [0.1, 0.15) is 6.04 Å². The van der Waals surface area contributed by atoms with Crippen molar-refractivity contribution in [3.63, 3.8) is 0 Å². The molecule has 0 spiro atoms. The Bertz CT molecular complexity index is 305. The zero-order chi connectivity index (χ0) is 13.7. The minimum atomic E-state index is -0.396. The number of nitrogens with zero attached hydrogens (tertiary/aromatic N) is 1. The van der Waals surface area contributed by atoms with Gasteiger partial charge in [0.25, 0.3) is 0 Å². The first-order chi connectivity index (χ1) is 8.51. The molecule has 2 atom stereocenters. The van der Waals surface area contributed by atoms with Crippen LogP contribution in [0, 0.1) is 5.92 Å². The highest BCUT2D eigenvalue weighted by molar-refractivity contribution is 5.88. The average molecular weight is 256 g/mol. The summed E-state index contributed by atoms with van der Waals surface area (Å²) >= 11 is 0. The average Bonchev–Trinajstić information content (AvgIpc) is 2.73. The molecule has 1 unspecified atom stereocenters. The molecule has 0 aliphatic carbocycles. The molecule has 0 bridgehead atoms. The quantitative estimate of drug-likeness (QED) is 0.728. The number of carbonyl (C=O) groups is 2. The number of hydrogen-bond donors (Lipinski definition) is 2. The van der Waals surface area contributed by atoms with Crippen LogP contribution >= 0.6 is 0 Å². The van der Waals surface area contributed by atoms with Crippen molar-refractivity contribution < 1.29 is 14.7 Å². The lowest BCUT2D eigenvalue weighted by molar-refractivity contribution is -0.138. The van der Waals surface area contributed by atoms with Gasteiger partial charge in [-0.3, -0.25) is 9.59 Å². The van der Waals surface area contributed by atoms with Gasteiger partial charge < -0.3 is 15.3 Å². The molecule has 0 aromatic heterocycles. The van der Waals surface area contributed by atoms with Crippen LogP contribution in [0.25, 0.3) is 0 Å². The summed E-state index contributed by atoms with van der Waals surface area (Å²) in [5.41, 5.74) is 0. The maximum absolute atomic E-state index is 12.2. The Morgan fingerprint density at radius 1 is 1.50 bits per heavy atom. The van der Waals surface area contributed by atoms with Gasteiger partial charge >= 0.3 is 0 Å². The van der Waals surface area contributed by atoms with Crippen LogP contribution in [0.3, 0.4) is 0 Å². The molecule has 1 aliphatic rings. The smallest absolute Gasteiger partial charge is 0.243 e. The second-order valence-electron chi connectivity index (χ2n) is 5.16. The van der Waals surface area contributed by atoms with E-state index in [9.17, 15) is 14.7 Å². The number of hydrogen-bond acceptors (Lipinski definition) is 3. The van der Waals surface area contributed by atoms with Crippen molar-refractivity contribution in [2.75, 3.05) is 13.2 Å². The second kappa shape index (κ2) is 6.73. The van der Waals surface area contributed by atoms with E-state index in [0.29, 0.717) is 19.4 Å². The Kier molecular flexibility index (Phi) is 5.59. The van der Waals surface area contributed by atoms with Crippen molar-refractivity contribution in [3.05, 3.63) is 0 Å². The monoisotopic (exact) mass is 256 g/mol. The Labute approximate surface area is 109 Å². The van der Waals surface area contributed by atoms with Gasteiger partial charge in [0.15, 0.2) is 0 Å². The summed E-state index contributed by atoms with van der Waals surface area (Å²) in [6.07, 6.45) is 1.97. The van der Waals surface area contributed by atoms with E-state index < -0.39 is 6.04 Å². The summed E-state index contributed by atoms with van der Waals surface area (Å²) < 4.78 is 0. The Balaban J connectivity index is 2.64. The molecular weight excluding hydrogens is 232 g/mol. The molecular formula is C13H24N2O3. The first kappa shape index (κ1) is 15.0. The molecule has 104 valence electrons. The SMILES string of the molecule is CCC(C(=O)N[C@H](CO)C(C)C)N1CCCC1=O. The first-order valence-electron chi connectivity index (χ1n) is 6.72. The Morgan fingerprint density at radius 3 is 2.56 bits per heavy atom. The summed E-state index contributed by atoms with van der Waals surface area (Å²) in [7, 11) is 0. The molecule has 5 nitrogen and oxygen atoms in total. The van der Waals surface area contributed by atoms with Crippen molar-refractivity contribution >= 4 is 11.8 Å². The van der Waals surface area contributed by atoms with E-state index in [1.54, 1.807) is 4.90 Å². The Hall–Kier alpha value is -1.10. The lowest BCUT2D eigenvalue weighted by atomic mass is 10.0. The Morgan fingerprint density at radius 2 is 2.17 bits per heavy atom. The molecule has 1 saturated heterocycles. The highest BCUT2D eigenvalue weighted by Crippen LogP contribution is 2.16. The van der Waals surface area contributed by atoms with E-state index in [1.165, 1.54) is 0 Å². The number of nitrogens with one attached hydrogen (secondary N) is 1. The van der Waals surface area contributed by atoms with Crippen LogP contribution in [0.4, 0.5) is 0 Å². The van der Waals surface area contributed by atoms with Gasteiger partial charge in [0.05, 0.1) is 12.6 Å². The van der Waals surface area contributed by atoms with Crippen molar-refractivity contribution in [1.82, 2.24) is 10.2 Å². The molecule has 2 N–H and O–H groups in total. The molecule has 0 saturated carbocycles. The minimum absolute atomic E-state index is 0.0575. The van der Waals surface area contributed by atoms with E-state index in [-0.39, 0.29) is 30.4 Å². The lowest BCUT2D eigenvalue weighted by Gasteiger charge is -2.28. The van der Waals surface area contributed by atoms with Gasteiger partial charge in [0, 0.05) is 13.0 Å². The summed E-state index contributed by atoms with van der Waals surface area (Å²) in [4.78, 5) is 25.5. The van der Waals surface area contributed by atoms with Gasteiger partial charge in [0.2, 0.25) is 11.8 Å². The third kappa shape index (κ3) is 3.45. The van der Waals surface area contributed by atoms with Crippen LogP contribution in [0.1, 0.15) is 40.0 Å². The molecule has 1 heterocycles. The fourth-order valence-corrected chi connectivity index (χ4v) is 2.25. The zero-order valence-corrected chi connectivity index (χ0v) is 11.5. The van der Waals surface area contributed by atoms with Crippen LogP contribution in [0.15, 0.2) is 0 Å². The zero-order valence-electron chi connectivity index (χ0n) is 11.5. The van der Waals surface area contributed by atoms with Crippen LogP contribution in [-0.2, 0) is 9.59 Å². The van der Waals surface area contributed by atoms with Crippen molar-refractivity contribution in [3.8, 4) is 0 Å². The van der Waals surface area contributed by atoms with Crippen LogP contribution < -0.4 is 5.32 Å². The third-order valence-electron chi connectivity index (χ3n) is 3.50. The standard InChI is InChI=1S/C13H24N2O3/c1-4-11(15-7-5-6-12(15)17)13(18)14-10(8-16)9(2)3/h9-11,16H,4-8H2,1-3H3,(H,14,18)/t10-,11?/m1/s1. The maximum atomic E-state index is 12.2. The van der Waals surface area contributed by atoms with E-state index in [0.717, 1.165) is 6.42 Å². The van der Waals surface area contributed by atoms with Crippen molar-refractivity contribution in [2.24, 2.45) is 5.92 Å². The van der Waals surface area contributed by atoms with Gasteiger partial charge in [-0.2, -0.15) is 0 Å². The number of amides is 2. The first-order valence-corrected chi connectivity index (χ1v) is 6.72. The summed E-state index contributed by atoms with van der Waals surface area (Å²) in [5, 5.41) is 12.1.